The number of fused-ring (bicyclic) bond motifs is 1. The molecule has 1 amide bonds. The van der Waals surface area contributed by atoms with E-state index in [4.69, 9.17) is 0 Å². The highest BCUT2D eigenvalue weighted by molar-refractivity contribution is 7.93. The maximum Gasteiger partial charge on any atom is 0.264 e. The van der Waals surface area contributed by atoms with Gasteiger partial charge in [-0.05, 0) is 68.3 Å². The number of rotatable bonds is 5. The van der Waals surface area contributed by atoms with E-state index >= 15 is 0 Å². The first-order valence-electron chi connectivity index (χ1n) is 11.8. The summed E-state index contributed by atoms with van der Waals surface area (Å²) in [6.45, 7) is 2.28. The summed E-state index contributed by atoms with van der Waals surface area (Å²) in [5, 5.41) is 11.8. The minimum atomic E-state index is -3.90. The van der Waals surface area contributed by atoms with E-state index in [0.29, 0.717) is 59.3 Å². The number of amides is 1. The van der Waals surface area contributed by atoms with Gasteiger partial charge in [0.2, 0.25) is 5.95 Å². The third-order valence-corrected chi connectivity index (χ3v) is 8.11. The van der Waals surface area contributed by atoms with E-state index in [9.17, 15) is 22.7 Å². The Morgan fingerprint density at radius 1 is 1.03 bits per heavy atom. The van der Waals surface area contributed by atoms with Crippen LogP contribution in [-0.2, 0) is 15.6 Å². The van der Waals surface area contributed by atoms with Crippen molar-refractivity contribution >= 4 is 32.5 Å². The van der Waals surface area contributed by atoms with Gasteiger partial charge in [-0.3, -0.25) is 14.5 Å². The van der Waals surface area contributed by atoms with Gasteiger partial charge in [-0.15, -0.1) is 0 Å². The predicted octanol–water partition coefficient (Wildman–Crippen LogP) is 4.00. The highest BCUT2D eigenvalue weighted by Gasteiger charge is 2.37. The fourth-order valence-corrected chi connectivity index (χ4v) is 5.98. The van der Waals surface area contributed by atoms with E-state index in [-0.39, 0.29) is 10.8 Å². The molecule has 0 saturated carbocycles. The van der Waals surface area contributed by atoms with Gasteiger partial charge < -0.3 is 10.0 Å². The number of piperidine rings is 1. The van der Waals surface area contributed by atoms with Gasteiger partial charge in [0.15, 0.2) is 0 Å². The van der Waals surface area contributed by atoms with Crippen LogP contribution < -0.4 is 4.72 Å². The van der Waals surface area contributed by atoms with Gasteiger partial charge >= 0.3 is 0 Å². The van der Waals surface area contributed by atoms with E-state index in [1.807, 2.05) is 0 Å². The minimum absolute atomic E-state index is 0.0677. The van der Waals surface area contributed by atoms with Crippen molar-refractivity contribution in [2.75, 3.05) is 17.8 Å². The lowest BCUT2D eigenvalue weighted by Gasteiger charge is -2.39. The average molecular weight is 521 g/mol. The lowest BCUT2D eigenvalue weighted by atomic mass is 9.83. The van der Waals surface area contributed by atoms with Gasteiger partial charge in [-0.1, -0.05) is 18.2 Å². The average Bonchev–Trinajstić information content (AvgIpc) is 2.88. The van der Waals surface area contributed by atoms with Gasteiger partial charge in [0.05, 0.1) is 11.1 Å². The minimum Gasteiger partial charge on any atom is -0.385 e. The molecule has 8 nitrogen and oxygen atoms in total. The largest absolute Gasteiger partial charge is 0.385 e. The molecule has 2 aromatic heterocycles. The first-order chi connectivity index (χ1) is 17.7. The van der Waals surface area contributed by atoms with Crippen molar-refractivity contribution in [3.8, 4) is 0 Å². The monoisotopic (exact) mass is 520 g/mol. The molecule has 2 N–H and O–H groups in total. The molecule has 1 aliphatic rings. The Balaban J connectivity index is 1.27. The second-order valence-electron chi connectivity index (χ2n) is 9.10. The summed E-state index contributed by atoms with van der Waals surface area (Å²) in [5.74, 6) is -0.819. The summed E-state index contributed by atoms with van der Waals surface area (Å²) in [5.41, 5.74) is 0.913. The Bertz CT molecular complexity index is 1580. The second kappa shape index (κ2) is 9.53. The van der Waals surface area contributed by atoms with Gasteiger partial charge in [0, 0.05) is 47.2 Å². The van der Waals surface area contributed by atoms with Crippen LogP contribution in [0.5, 0.6) is 0 Å². The molecular formula is C27H25FN4O4S. The molecule has 0 bridgehead atoms. The van der Waals surface area contributed by atoms with Crippen LogP contribution in [0, 0.1) is 12.9 Å². The van der Waals surface area contributed by atoms with Gasteiger partial charge in [-0.25, -0.2) is 13.4 Å². The summed E-state index contributed by atoms with van der Waals surface area (Å²) < 4.78 is 42.0. The first-order valence-corrected chi connectivity index (χ1v) is 13.3. The van der Waals surface area contributed by atoms with E-state index in [1.165, 1.54) is 24.3 Å². The van der Waals surface area contributed by atoms with Crippen LogP contribution in [0.2, 0.25) is 0 Å². The van der Waals surface area contributed by atoms with Crippen LogP contribution in [0.1, 0.15) is 34.5 Å². The number of aryl methyl sites for hydroxylation is 1. The number of para-hydroxylation sites is 1. The molecule has 1 saturated heterocycles. The second-order valence-corrected chi connectivity index (χ2v) is 10.8. The van der Waals surface area contributed by atoms with Crippen molar-refractivity contribution in [2.45, 2.75) is 30.3 Å². The number of likely N-dealkylation sites (tertiary alicyclic amines) is 1. The Morgan fingerprint density at radius 2 is 1.73 bits per heavy atom. The van der Waals surface area contributed by atoms with Gasteiger partial charge in [-0.2, -0.15) is 4.39 Å². The SMILES string of the molecule is Cc1nc(F)ccc1C1(O)CCN(C(=O)c2ccc(NS(=O)(=O)c3cccc4cccnc34)cc2)CC1. The highest BCUT2D eigenvalue weighted by atomic mass is 32.2. The summed E-state index contributed by atoms with van der Waals surface area (Å²) in [6, 6.07) is 17.5. The zero-order valence-corrected chi connectivity index (χ0v) is 20.9. The number of hydrogen-bond donors (Lipinski definition) is 2. The number of carbonyl (C=O) groups is 1. The van der Waals surface area contributed by atoms with E-state index in [1.54, 1.807) is 60.5 Å². The quantitative estimate of drug-likeness (QED) is 0.385. The number of benzene rings is 2. The number of anilines is 1. The fraction of sp³-hybridized carbons (Fsp3) is 0.222. The maximum atomic E-state index is 13.4. The summed E-state index contributed by atoms with van der Waals surface area (Å²) in [7, 11) is -3.90. The van der Waals surface area contributed by atoms with Crippen LogP contribution in [0.3, 0.4) is 0 Å². The number of nitrogens with zero attached hydrogens (tertiary/aromatic N) is 3. The number of aliphatic hydroxyl groups is 1. The Hall–Kier alpha value is -3.89. The standard InChI is InChI=1S/C27H25FN4O4S/c1-18-22(11-12-24(28)30-18)27(34)13-16-32(17-14-27)26(33)20-7-9-21(10-8-20)31-37(35,36)23-6-2-4-19-5-3-15-29-25(19)23/h2-12,15,31,34H,13-14,16-17H2,1H3. The molecular weight excluding hydrogens is 495 g/mol. The van der Waals surface area contributed by atoms with Gasteiger partial charge in [0.1, 0.15) is 4.90 Å². The Morgan fingerprint density at radius 3 is 2.43 bits per heavy atom. The lowest BCUT2D eigenvalue weighted by Crippen LogP contribution is -2.45. The normalized spacial score (nSPS) is 15.5. The van der Waals surface area contributed by atoms with E-state index in [2.05, 4.69) is 14.7 Å². The van der Waals surface area contributed by atoms with Crippen molar-refractivity contribution in [1.82, 2.24) is 14.9 Å². The molecule has 5 rings (SSSR count). The molecule has 0 spiro atoms. The molecule has 190 valence electrons. The molecule has 37 heavy (non-hydrogen) atoms. The van der Waals surface area contributed by atoms with Crippen molar-refractivity contribution in [1.29, 1.82) is 0 Å². The molecule has 0 aliphatic carbocycles. The highest BCUT2D eigenvalue weighted by Crippen LogP contribution is 2.34. The summed E-state index contributed by atoms with van der Waals surface area (Å²) in [4.78, 5) is 22.8. The molecule has 1 aliphatic heterocycles. The Kier molecular flexibility index (Phi) is 6.38. The fourth-order valence-electron chi connectivity index (χ4n) is 4.74. The molecule has 0 atom stereocenters. The van der Waals surface area contributed by atoms with E-state index < -0.39 is 21.6 Å². The number of hydrogen-bond acceptors (Lipinski definition) is 6. The first kappa shape index (κ1) is 24.8. The van der Waals surface area contributed by atoms with Crippen LogP contribution in [0.15, 0.2) is 77.8 Å². The number of halogens is 1. The number of nitrogens with one attached hydrogen (secondary N) is 1. The predicted molar refractivity (Wildman–Crippen MR) is 137 cm³/mol. The molecule has 4 aromatic rings. The summed E-state index contributed by atoms with van der Waals surface area (Å²) in [6.07, 6.45) is 2.13. The van der Waals surface area contributed by atoms with Crippen LogP contribution in [0.4, 0.5) is 10.1 Å². The lowest BCUT2D eigenvalue weighted by molar-refractivity contribution is -0.0219. The van der Waals surface area contributed by atoms with Crippen molar-refractivity contribution in [3.63, 3.8) is 0 Å². The smallest absolute Gasteiger partial charge is 0.264 e. The van der Waals surface area contributed by atoms with Crippen molar-refractivity contribution in [3.05, 3.63) is 95.7 Å². The zero-order valence-electron chi connectivity index (χ0n) is 20.1. The topological polar surface area (TPSA) is 112 Å². The molecule has 0 radical (unpaired) electrons. The van der Waals surface area contributed by atoms with E-state index in [0.717, 1.165) is 0 Å². The van der Waals surface area contributed by atoms with Crippen LogP contribution >= 0.6 is 0 Å². The molecule has 2 aromatic carbocycles. The Labute approximate surface area is 213 Å². The molecule has 0 unspecified atom stereocenters. The number of aromatic nitrogens is 2. The molecule has 1 fully saturated rings. The van der Waals surface area contributed by atoms with Crippen LogP contribution in [0.25, 0.3) is 10.9 Å². The number of carbonyl (C=O) groups excluding carboxylic acids is 1. The number of pyridine rings is 2. The molecule has 10 heteroatoms. The third kappa shape index (κ3) is 4.90. The van der Waals surface area contributed by atoms with Crippen molar-refractivity contribution in [2.24, 2.45) is 0 Å². The third-order valence-electron chi connectivity index (χ3n) is 6.70. The van der Waals surface area contributed by atoms with Crippen molar-refractivity contribution < 1.29 is 22.7 Å². The van der Waals surface area contributed by atoms with Crippen LogP contribution in [-0.4, -0.2) is 47.4 Å². The summed E-state index contributed by atoms with van der Waals surface area (Å²) >= 11 is 0. The van der Waals surface area contributed by atoms with Gasteiger partial charge in [0.25, 0.3) is 15.9 Å². The molecule has 3 heterocycles. The zero-order chi connectivity index (χ0) is 26.2. The number of sulfonamides is 1. The maximum absolute atomic E-state index is 13.4.